The maximum atomic E-state index is 14.3. The molecule has 3 rings (SSSR count). The summed E-state index contributed by atoms with van der Waals surface area (Å²) in [6, 6.07) is 4.26. The van der Waals surface area contributed by atoms with Gasteiger partial charge in [0.2, 0.25) is 0 Å². The van der Waals surface area contributed by atoms with Gasteiger partial charge in [0.1, 0.15) is 11.4 Å². The molecule has 114 valence electrons. The van der Waals surface area contributed by atoms with Crippen LogP contribution in [-0.2, 0) is 15.4 Å². The molecule has 1 aromatic carbocycles. The maximum Gasteiger partial charge on any atom is 0.164 e. The van der Waals surface area contributed by atoms with Crippen LogP contribution in [0.1, 0.15) is 38.7 Å². The largest absolute Gasteiger partial charge is 0.399 e. The standard InChI is InChI=1S/C15H19FN2O2S/c1-9-13-4-3-5-14(21(13,19)20)15(2,18-9)11-8-10(17)6-7-12(11)16/h6-8,13-14H,3-5,17H2,1-2H3/t13-,14+,15-/m1/s1. The van der Waals surface area contributed by atoms with Crippen molar-refractivity contribution < 1.29 is 12.8 Å². The average molecular weight is 310 g/mol. The minimum absolute atomic E-state index is 0.274. The first-order chi connectivity index (χ1) is 9.76. The number of sulfone groups is 1. The lowest BCUT2D eigenvalue weighted by molar-refractivity contribution is 0.375. The number of aliphatic imine (C=N–C) groups is 1. The van der Waals surface area contributed by atoms with Crippen molar-refractivity contribution in [1.82, 2.24) is 0 Å². The van der Waals surface area contributed by atoms with E-state index in [-0.39, 0.29) is 5.56 Å². The van der Waals surface area contributed by atoms with Gasteiger partial charge in [-0.25, -0.2) is 12.8 Å². The third-order valence-corrected chi connectivity index (χ3v) is 7.62. The molecular formula is C15H19FN2O2S. The molecule has 21 heavy (non-hydrogen) atoms. The lowest BCUT2D eigenvalue weighted by Gasteiger charge is -2.44. The summed E-state index contributed by atoms with van der Waals surface area (Å²) in [6.45, 7) is 3.43. The number of nitrogens with two attached hydrogens (primary N) is 1. The number of nitrogen functional groups attached to an aromatic ring is 1. The number of fused-ring (bicyclic) bond motifs is 2. The molecule has 0 radical (unpaired) electrons. The zero-order chi connectivity index (χ0) is 15.4. The van der Waals surface area contributed by atoms with Crippen molar-refractivity contribution >= 4 is 21.2 Å². The van der Waals surface area contributed by atoms with Gasteiger partial charge in [0.25, 0.3) is 0 Å². The van der Waals surface area contributed by atoms with Gasteiger partial charge >= 0.3 is 0 Å². The highest BCUT2D eigenvalue weighted by atomic mass is 32.2. The molecular weight excluding hydrogens is 291 g/mol. The Morgan fingerprint density at radius 1 is 1.38 bits per heavy atom. The summed E-state index contributed by atoms with van der Waals surface area (Å²) in [6.07, 6.45) is 1.95. The van der Waals surface area contributed by atoms with Crippen molar-refractivity contribution in [3.8, 4) is 0 Å². The molecule has 0 unspecified atom stereocenters. The van der Waals surface area contributed by atoms with E-state index in [4.69, 9.17) is 5.73 Å². The van der Waals surface area contributed by atoms with E-state index in [2.05, 4.69) is 4.99 Å². The minimum Gasteiger partial charge on any atom is -0.399 e. The zero-order valence-corrected chi connectivity index (χ0v) is 13.0. The molecule has 2 bridgehead atoms. The molecule has 0 amide bonds. The highest BCUT2D eigenvalue weighted by molar-refractivity contribution is 7.93. The predicted octanol–water partition coefficient (Wildman–Crippen LogP) is 2.43. The molecule has 3 atom stereocenters. The molecule has 6 heteroatoms. The van der Waals surface area contributed by atoms with Crippen LogP contribution in [0.5, 0.6) is 0 Å². The Morgan fingerprint density at radius 2 is 2.10 bits per heavy atom. The molecule has 0 spiro atoms. The van der Waals surface area contributed by atoms with Gasteiger partial charge in [-0.05, 0) is 44.9 Å². The van der Waals surface area contributed by atoms with Crippen molar-refractivity contribution in [2.24, 2.45) is 4.99 Å². The number of anilines is 1. The van der Waals surface area contributed by atoms with Gasteiger partial charge in [-0.15, -0.1) is 0 Å². The summed E-state index contributed by atoms with van der Waals surface area (Å²) in [5.41, 5.74) is 5.93. The van der Waals surface area contributed by atoms with Crippen LogP contribution in [0.15, 0.2) is 23.2 Å². The molecule has 2 aliphatic heterocycles. The van der Waals surface area contributed by atoms with E-state index in [0.717, 1.165) is 6.42 Å². The van der Waals surface area contributed by atoms with Crippen LogP contribution in [0.2, 0.25) is 0 Å². The molecule has 1 saturated heterocycles. The number of halogens is 1. The Kier molecular flexibility index (Phi) is 3.13. The Bertz CT molecular complexity index is 729. The van der Waals surface area contributed by atoms with Gasteiger partial charge in [0.15, 0.2) is 9.84 Å². The van der Waals surface area contributed by atoms with E-state index in [1.54, 1.807) is 13.8 Å². The van der Waals surface area contributed by atoms with Crippen molar-refractivity contribution in [1.29, 1.82) is 0 Å². The molecule has 4 nitrogen and oxygen atoms in total. The lowest BCUT2D eigenvalue weighted by atomic mass is 9.83. The summed E-state index contributed by atoms with van der Waals surface area (Å²) in [7, 11) is -3.34. The average Bonchev–Trinajstić information content (AvgIpc) is 2.38. The van der Waals surface area contributed by atoms with E-state index >= 15 is 0 Å². The number of hydrogen-bond donors (Lipinski definition) is 1. The first kappa shape index (κ1) is 14.5. The fourth-order valence-corrected chi connectivity index (χ4v) is 6.47. The van der Waals surface area contributed by atoms with E-state index in [0.29, 0.717) is 24.2 Å². The third-order valence-electron chi connectivity index (χ3n) is 4.76. The van der Waals surface area contributed by atoms with Gasteiger partial charge in [-0.1, -0.05) is 6.42 Å². The van der Waals surface area contributed by atoms with Crippen LogP contribution in [-0.4, -0.2) is 24.6 Å². The summed E-state index contributed by atoms with van der Waals surface area (Å²) in [5.74, 6) is -0.456. The summed E-state index contributed by atoms with van der Waals surface area (Å²) in [4.78, 5) is 4.61. The van der Waals surface area contributed by atoms with Crippen molar-refractivity contribution in [2.45, 2.75) is 49.1 Å². The van der Waals surface area contributed by atoms with Crippen molar-refractivity contribution in [2.75, 3.05) is 5.73 Å². The van der Waals surface area contributed by atoms with Crippen molar-refractivity contribution in [3.63, 3.8) is 0 Å². The first-order valence-corrected chi connectivity index (χ1v) is 8.72. The van der Waals surface area contributed by atoms with Crippen LogP contribution in [0, 0.1) is 5.82 Å². The molecule has 0 aromatic heterocycles. The van der Waals surface area contributed by atoms with Crippen molar-refractivity contribution in [3.05, 3.63) is 29.6 Å². The fraction of sp³-hybridized carbons (Fsp3) is 0.533. The number of hydrogen-bond acceptors (Lipinski definition) is 4. The second-order valence-corrected chi connectivity index (χ2v) is 8.45. The number of benzene rings is 1. The van der Waals surface area contributed by atoms with E-state index in [1.807, 2.05) is 0 Å². The van der Waals surface area contributed by atoms with Crippen LogP contribution in [0.3, 0.4) is 0 Å². The van der Waals surface area contributed by atoms with Crippen LogP contribution in [0.25, 0.3) is 0 Å². The van der Waals surface area contributed by atoms with Crippen LogP contribution in [0.4, 0.5) is 10.1 Å². The summed E-state index contributed by atoms with van der Waals surface area (Å²) < 4.78 is 39.8. The SMILES string of the molecule is CC1=N[C@](C)(c2cc(N)ccc2F)[C@@H]2CCC[C@H]1S2(=O)=O. The van der Waals surface area contributed by atoms with Gasteiger partial charge < -0.3 is 5.73 Å². The Hall–Kier alpha value is -1.43. The quantitative estimate of drug-likeness (QED) is 0.810. The number of nitrogens with zero attached hydrogens (tertiary/aromatic N) is 1. The minimum atomic E-state index is -3.34. The Balaban J connectivity index is 2.27. The lowest BCUT2D eigenvalue weighted by Crippen LogP contribution is -2.54. The highest BCUT2D eigenvalue weighted by Crippen LogP contribution is 2.46. The molecule has 2 aliphatic rings. The van der Waals surface area contributed by atoms with E-state index in [1.165, 1.54) is 18.2 Å². The predicted molar refractivity (Wildman–Crippen MR) is 81.6 cm³/mol. The van der Waals surface area contributed by atoms with E-state index < -0.39 is 31.7 Å². The van der Waals surface area contributed by atoms with Gasteiger partial charge in [0, 0.05) is 17.0 Å². The summed E-state index contributed by atoms with van der Waals surface area (Å²) >= 11 is 0. The van der Waals surface area contributed by atoms with Gasteiger partial charge in [-0.3, -0.25) is 4.99 Å². The molecule has 1 aromatic rings. The first-order valence-electron chi connectivity index (χ1n) is 7.11. The summed E-state index contributed by atoms with van der Waals surface area (Å²) in [5, 5.41) is -1.18. The topological polar surface area (TPSA) is 72.5 Å². The van der Waals surface area contributed by atoms with E-state index in [9.17, 15) is 12.8 Å². The smallest absolute Gasteiger partial charge is 0.164 e. The zero-order valence-electron chi connectivity index (χ0n) is 12.1. The Labute approximate surface area is 124 Å². The molecule has 2 heterocycles. The van der Waals surface area contributed by atoms with Crippen LogP contribution >= 0.6 is 0 Å². The Morgan fingerprint density at radius 3 is 2.81 bits per heavy atom. The second kappa shape index (κ2) is 4.53. The molecule has 1 fully saturated rings. The second-order valence-electron chi connectivity index (χ2n) is 6.14. The molecule has 0 aliphatic carbocycles. The van der Waals surface area contributed by atoms with Gasteiger partial charge in [0.05, 0.1) is 10.5 Å². The maximum absolute atomic E-state index is 14.3. The number of rotatable bonds is 1. The molecule has 0 saturated carbocycles. The highest BCUT2D eigenvalue weighted by Gasteiger charge is 2.54. The molecule has 2 N–H and O–H groups in total. The van der Waals surface area contributed by atoms with Gasteiger partial charge in [-0.2, -0.15) is 0 Å². The monoisotopic (exact) mass is 310 g/mol. The normalized spacial score (nSPS) is 34.3. The third kappa shape index (κ3) is 1.99. The fourth-order valence-electron chi connectivity index (χ4n) is 3.74. The van der Waals surface area contributed by atoms with Crippen LogP contribution < -0.4 is 5.73 Å².